The van der Waals surface area contributed by atoms with Gasteiger partial charge >= 0.3 is 0 Å². The van der Waals surface area contributed by atoms with E-state index in [9.17, 15) is 18.0 Å². The summed E-state index contributed by atoms with van der Waals surface area (Å²) in [5, 5.41) is 5.42. The van der Waals surface area contributed by atoms with Crippen molar-refractivity contribution in [3.8, 4) is 0 Å². The van der Waals surface area contributed by atoms with E-state index in [2.05, 4.69) is 31.3 Å². The number of carbonyl (C=O) groups is 2. The molecule has 0 saturated carbocycles. The molecule has 2 aromatic rings. The molecule has 1 heterocycles. The molecule has 0 saturated heterocycles. The van der Waals surface area contributed by atoms with Crippen molar-refractivity contribution in [3.63, 3.8) is 0 Å². The first-order valence-electron chi connectivity index (χ1n) is 8.31. The lowest BCUT2D eigenvalue weighted by Crippen LogP contribution is -2.28. The fourth-order valence-electron chi connectivity index (χ4n) is 2.67. The molecular weight excluding hydrogens is 434 g/mol. The second-order valence-corrected chi connectivity index (χ2v) is 8.75. The topological polar surface area (TPSA) is 104 Å². The number of aryl methyl sites for hydroxylation is 1. The molecule has 2 amide bonds. The van der Waals surface area contributed by atoms with Crippen molar-refractivity contribution in [2.45, 2.75) is 24.2 Å². The monoisotopic (exact) mass is 451 g/mol. The summed E-state index contributed by atoms with van der Waals surface area (Å²) in [6, 6.07) is 11.7. The molecule has 142 valence electrons. The molecule has 0 atom stereocenters. The van der Waals surface area contributed by atoms with Crippen LogP contribution >= 0.6 is 15.9 Å². The van der Waals surface area contributed by atoms with Gasteiger partial charge in [0.25, 0.3) is 0 Å². The van der Waals surface area contributed by atoms with E-state index in [1.807, 2.05) is 0 Å². The Morgan fingerprint density at radius 3 is 2.59 bits per heavy atom. The number of hydrogen-bond acceptors (Lipinski definition) is 4. The van der Waals surface area contributed by atoms with Gasteiger partial charge in [0.05, 0.1) is 4.90 Å². The number of halogens is 1. The van der Waals surface area contributed by atoms with Gasteiger partial charge in [-0.05, 0) is 54.4 Å². The van der Waals surface area contributed by atoms with E-state index in [0.29, 0.717) is 24.2 Å². The van der Waals surface area contributed by atoms with Crippen LogP contribution in [0.3, 0.4) is 0 Å². The molecule has 9 heteroatoms. The molecule has 0 spiro atoms. The number of rotatable bonds is 6. The Balaban J connectivity index is 1.56. The fourth-order valence-corrected chi connectivity index (χ4v) is 4.01. The lowest BCUT2D eigenvalue weighted by atomic mass is 10.0. The molecular formula is C18H18BrN3O4S. The van der Waals surface area contributed by atoms with Crippen LogP contribution in [0.4, 0.5) is 11.4 Å². The Labute approximate surface area is 165 Å². The lowest BCUT2D eigenvalue weighted by molar-refractivity contribution is -0.117. The van der Waals surface area contributed by atoms with Crippen molar-refractivity contribution < 1.29 is 18.0 Å². The van der Waals surface area contributed by atoms with Gasteiger partial charge in [0.1, 0.15) is 0 Å². The number of sulfonamides is 1. The van der Waals surface area contributed by atoms with Crippen LogP contribution < -0.4 is 15.4 Å². The van der Waals surface area contributed by atoms with Gasteiger partial charge in [0, 0.05) is 35.2 Å². The molecule has 2 aromatic carbocycles. The quantitative estimate of drug-likeness (QED) is 0.627. The smallest absolute Gasteiger partial charge is 0.240 e. The summed E-state index contributed by atoms with van der Waals surface area (Å²) in [6.45, 7) is -0.0154. The van der Waals surface area contributed by atoms with E-state index >= 15 is 0 Å². The van der Waals surface area contributed by atoms with Crippen molar-refractivity contribution in [2.75, 3.05) is 17.2 Å². The summed E-state index contributed by atoms with van der Waals surface area (Å²) in [5.74, 6) is -0.360. The van der Waals surface area contributed by atoms with Crippen LogP contribution in [0.25, 0.3) is 0 Å². The Bertz CT molecular complexity index is 975. The summed E-state index contributed by atoms with van der Waals surface area (Å²) >= 11 is 3.31. The molecule has 0 radical (unpaired) electrons. The predicted octanol–water partition coefficient (Wildman–Crippen LogP) is 2.64. The fraction of sp³-hybridized carbons (Fsp3) is 0.222. The van der Waals surface area contributed by atoms with E-state index < -0.39 is 10.0 Å². The summed E-state index contributed by atoms with van der Waals surface area (Å²) in [6.07, 6.45) is 0.844. The van der Waals surface area contributed by atoms with Crippen LogP contribution in [0.2, 0.25) is 0 Å². The molecule has 3 rings (SSSR count). The van der Waals surface area contributed by atoms with Gasteiger partial charge in [-0.2, -0.15) is 0 Å². The average molecular weight is 452 g/mol. The van der Waals surface area contributed by atoms with Gasteiger partial charge in [-0.25, -0.2) is 13.1 Å². The molecule has 3 N–H and O–H groups in total. The first-order chi connectivity index (χ1) is 12.8. The molecule has 0 aliphatic carbocycles. The molecule has 1 aliphatic heterocycles. The Morgan fingerprint density at radius 1 is 1.11 bits per heavy atom. The van der Waals surface area contributed by atoms with Gasteiger partial charge < -0.3 is 10.6 Å². The zero-order valence-corrected chi connectivity index (χ0v) is 16.7. The van der Waals surface area contributed by atoms with E-state index in [1.54, 1.807) is 36.4 Å². The lowest BCUT2D eigenvalue weighted by Gasteiger charge is -2.17. The molecule has 0 unspecified atom stereocenters. The zero-order chi connectivity index (χ0) is 19.4. The van der Waals surface area contributed by atoms with Crippen LogP contribution in [-0.2, 0) is 26.0 Å². The normalized spacial score (nSPS) is 13.6. The number of amides is 2. The SMILES string of the molecule is O=C(CCNS(=O)(=O)c1ccc2c(c1)CCC(=O)N2)Nc1ccc(Br)cc1. The highest BCUT2D eigenvalue weighted by molar-refractivity contribution is 9.10. The van der Waals surface area contributed by atoms with Crippen LogP contribution in [0, 0.1) is 0 Å². The van der Waals surface area contributed by atoms with Gasteiger partial charge in [-0.15, -0.1) is 0 Å². The third-order valence-electron chi connectivity index (χ3n) is 4.05. The number of hydrogen-bond donors (Lipinski definition) is 3. The minimum absolute atomic E-state index is 0.0102. The van der Waals surface area contributed by atoms with Gasteiger partial charge in [0.15, 0.2) is 0 Å². The van der Waals surface area contributed by atoms with Crippen molar-refractivity contribution in [3.05, 3.63) is 52.5 Å². The maximum atomic E-state index is 12.4. The standard InChI is InChI=1S/C18H18BrN3O4S/c19-13-2-4-14(5-3-13)21-18(24)9-10-20-27(25,26)15-6-7-16-12(11-15)1-8-17(23)22-16/h2-7,11,20H,1,8-10H2,(H,21,24)(H,22,23). The Morgan fingerprint density at radius 2 is 1.85 bits per heavy atom. The highest BCUT2D eigenvalue weighted by atomic mass is 79.9. The molecule has 1 aliphatic rings. The third-order valence-corrected chi connectivity index (χ3v) is 6.04. The van der Waals surface area contributed by atoms with Crippen LogP contribution in [0.1, 0.15) is 18.4 Å². The van der Waals surface area contributed by atoms with E-state index in [0.717, 1.165) is 10.0 Å². The summed E-state index contributed by atoms with van der Waals surface area (Å²) in [5.41, 5.74) is 2.06. The minimum Gasteiger partial charge on any atom is -0.326 e. The van der Waals surface area contributed by atoms with Crippen molar-refractivity contribution in [2.24, 2.45) is 0 Å². The van der Waals surface area contributed by atoms with Crippen molar-refractivity contribution in [1.29, 1.82) is 0 Å². The highest BCUT2D eigenvalue weighted by Gasteiger charge is 2.20. The van der Waals surface area contributed by atoms with Crippen LogP contribution in [0.15, 0.2) is 51.8 Å². The molecule has 0 fully saturated rings. The maximum Gasteiger partial charge on any atom is 0.240 e. The average Bonchev–Trinajstić information content (AvgIpc) is 2.63. The second kappa shape index (κ2) is 8.20. The number of nitrogens with one attached hydrogen (secondary N) is 3. The number of anilines is 2. The van der Waals surface area contributed by atoms with Crippen LogP contribution in [-0.4, -0.2) is 26.8 Å². The molecule has 7 nitrogen and oxygen atoms in total. The van der Waals surface area contributed by atoms with E-state index in [-0.39, 0.29) is 29.7 Å². The molecule has 27 heavy (non-hydrogen) atoms. The van der Waals surface area contributed by atoms with Crippen molar-refractivity contribution >= 4 is 49.1 Å². The summed E-state index contributed by atoms with van der Waals surface area (Å²) in [4.78, 5) is 23.4. The van der Waals surface area contributed by atoms with Gasteiger partial charge in [-0.1, -0.05) is 15.9 Å². The Kier molecular flexibility index (Phi) is 5.93. The number of fused-ring (bicyclic) bond motifs is 1. The number of benzene rings is 2. The molecule has 0 bridgehead atoms. The Hall–Kier alpha value is -2.23. The summed E-state index contributed by atoms with van der Waals surface area (Å²) in [7, 11) is -3.73. The first kappa shape index (κ1) is 19.5. The molecule has 0 aromatic heterocycles. The number of carbonyl (C=O) groups excluding carboxylic acids is 2. The van der Waals surface area contributed by atoms with E-state index in [4.69, 9.17) is 0 Å². The minimum atomic E-state index is -3.73. The highest BCUT2D eigenvalue weighted by Crippen LogP contribution is 2.25. The van der Waals surface area contributed by atoms with Gasteiger partial charge in [0.2, 0.25) is 21.8 Å². The second-order valence-electron chi connectivity index (χ2n) is 6.07. The predicted molar refractivity (Wildman–Crippen MR) is 106 cm³/mol. The summed E-state index contributed by atoms with van der Waals surface area (Å²) < 4.78 is 28.2. The largest absolute Gasteiger partial charge is 0.326 e. The third kappa shape index (κ3) is 5.15. The van der Waals surface area contributed by atoms with Crippen LogP contribution in [0.5, 0.6) is 0 Å². The van der Waals surface area contributed by atoms with Crippen molar-refractivity contribution in [1.82, 2.24) is 4.72 Å². The zero-order valence-electron chi connectivity index (χ0n) is 14.3. The maximum absolute atomic E-state index is 12.4. The van der Waals surface area contributed by atoms with Gasteiger partial charge in [-0.3, -0.25) is 9.59 Å². The first-order valence-corrected chi connectivity index (χ1v) is 10.6. The van der Waals surface area contributed by atoms with E-state index in [1.165, 1.54) is 6.07 Å².